The minimum absolute atomic E-state index is 0.229. The number of nitrogens with zero attached hydrogens (tertiary/aromatic N) is 3. The largest absolute Gasteiger partial charge is 0.321 e. The Bertz CT molecular complexity index is 1130. The quantitative estimate of drug-likeness (QED) is 0.588. The first-order valence-electron chi connectivity index (χ1n) is 7.69. The van der Waals surface area contributed by atoms with Crippen molar-refractivity contribution in [2.24, 2.45) is 0 Å². The molecule has 0 amide bonds. The molecular weight excluding hydrogens is 338 g/mol. The fourth-order valence-electron chi connectivity index (χ4n) is 2.67. The highest BCUT2D eigenvalue weighted by Crippen LogP contribution is 2.24. The Hall–Kier alpha value is -3.12. The van der Waals surface area contributed by atoms with Gasteiger partial charge >= 0.3 is 0 Å². The van der Waals surface area contributed by atoms with Gasteiger partial charge in [-0.2, -0.15) is 9.78 Å². The summed E-state index contributed by atoms with van der Waals surface area (Å²) in [5, 5.41) is 16.4. The first-order valence-corrected chi connectivity index (χ1v) is 8.07. The number of hydrogen-bond acceptors (Lipinski definition) is 4. The monoisotopic (exact) mass is 351 g/mol. The molecule has 0 saturated carbocycles. The minimum Gasteiger partial charge on any atom is -0.321 e. The molecule has 0 unspecified atom stereocenters. The Balaban J connectivity index is 1.97. The van der Waals surface area contributed by atoms with Gasteiger partial charge in [-0.15, -0.1) is 5.10 Å². The van der Waals surface area contributed by atoms with Crippen LogP contribution in [0.2, 0.25) is 5.02 Å². The van der Waals surface area contributed by atoms with E-state index in [9.17, 15) is 4.79 Å². The number of fused-ring (bicyclic) bond motifs is 1. The molecule has 0 spiro atoms. The predicted octanol–water partition coefficient (Wildman–Crippen LogP) is 3.81. The highest BCUT2D eigenvalue weighted by Gasteiger charge is 2.14. The van der Waals surface area contributed by atoms with Crippen molar-refractivity contribution in [3.8, 4) is 5.69 Å². The zero-order valence-electron chi connectivity index (χ0n) is 13.3. The van der Waals surface area contributed by atoms with E-state index in [0.29, 0.717) is 27.7 Å². The Morgan fingerprint density at radius 3 is 2.52 bits per heavy atom. The summed E-state index contributed by atoms with van der Waals surface area (Å²) < 4.78 is 1.31. The Morgan fingerprint density at radius 1 is 1.08 bits per heavy atom. The normalized spacial score (nSPS) is 11.0. The Labute approximate surface area is 148 Å². The van der Waals surface area contributed by atoms with E-state index in [2.05, 4.69) is 20.6 Å². The Kier molecular flexibility index (Phi) is 3.74. The van der Waals surface area contributed by atoms with E-state index in [1.54, 1.807) is 18.2 Å². The lowest BCUT2D eigenvalue weighted by molar-refractivity contribution is 0.826. The van der Waals surface area contributed by atoms with Crippen LogP contribution in [0.5, 0.6) is 0 Å². The molecule has 0 aliphatic rings. The van der Waals surface area contributed by atoms with E-state index in [1.807, 2.05) is 43.3 Å². The molecule has 0 aliphatic carbocycles. The smallest absolute Gasteiger partial charge is 0.279 e. The van der Waals surface area contributed by atoms with E-state index >= 15 is 0 Å². The number of H-pyrrole nitrogens is 1. The molecule has 2 aromatic heterocycles. The lowest BCUT2D eigenvalue weighted by atomic mass is 10.2. The second-order valence-electron chi connectivity index (χ2n) is 5.62. The van der Waals surface area contributed by atoms with Crippen LogP contribution < -0.4 is 10.9 Å². The van der Waals surface area contributed by atoms with E-state index in [4.69, 9.17) is 11.6 Å². The summed E-state index contributed by atoms with van der Waals surface area (Å²) in [4.78, 5) is 12.9. The van der Waals surface area contributed by atoms with Crippen molar-refractivity contribution in [1.82, 2.24) is 20.0 Å². The first kappa shape index (κ1) is 15.4. The van der Waals surface area contributed by atoms with Gasteiger partial charge in [0.25, 0.3) is 5.56 Å². The van der Waals surface area contributed by atoms with Crippen LogP contribution in [0.3, 0.4) is 0 Å². The summed E-state index contributed by atoms with van der Waals surface area (Å²) in [5.74, 6) is 1.15. The topological polar surface area (TPSA) is 75.6 Å². The number of anilines is 2. The van der Waals surface area contributed by atoms with Crippen molar-refractivity contribution < 1.29 is 0 Å². The molecule has 124 valence electrons. The number of aromatic nitrogens is 4. The molecule has 2 aromatic carbocycles. The van der Waals surface area contributed by atoms with E-state index in [1.165, 1.54) is 4.68 Å². The second-order valence-corrected chi connectivity index (χ2v) is 6.03. The van der Waals surface area contributed by atoms with Crippen LogP contribution >= 0.6 is 11.6 Å². The average Bonchev–Trinajstić information content (AvgIpc) is 3.03. The molecular formula is C18H14ClN5O. The van der Waals surface area contributed by atoms with Gasteiger partial charge in [0, 0.05) is 17.1 Å². The van der Waals surface area contributed by atoms with Crippen molar-refractivity contribution in [1.29, 1.82) is 0 Å². The van der Waals surface area contributed by atoms with Crippen LogP contribution in [0.1, 0.15) is 5.69 Å². The van der Waals surface area contributed by atoms with Crippen LogP contribution in [-0.4, -0.2) is 20.0 Å². The maximum absolute atomic E-state index is 12.9. The van der Waals surface area contributed by atoms with Gasteiger partial charge in [0.1, 0.15) is 0 Å². The molecule has 25 heavy (non-hydrogen) atoms. The van der Waals surface area contributed by atoms with Gasteiger partial charge in [-0.3, -0.25) is 9.89 Å². The molecule has 0 atom stereocenters. The van der Waals surface area contributed by atoms with Gasteiger partial charge in [-0.25, -0.2) is 0 Å². The predicted molar refractivity (Wildman–Crippen MR) is 99.0 cm³/mol. The van der Waals surface area contributed by atoms with Gasteiger partial charge in [-0.1, -0.05) is 41.9 Å². The summed E-state index contributed by atoms with van der Waals surface area (Å²) in [7, 11) is 0. The maximum Gasteiger partial charge on any atom is 0.279 e. The summed E-state index contributed by atoms with van der Waals surface area (Å²) in [6.45, 7) is 1.91. The second kappa shape index (κ2) is 6.07. The lowest BCUT2D eigenvalue weighted by Gasteiger charge is -2.12. The third-order valence-corrected chi connectivity index (χ3v) is 4.16. The van der Waals surface area contributed by atoms with Gasteiger partial charge in [0.05, 0.1) is 16.1 Å². The van der Waals surface area contributed by atoms with Crippen molar-refractivity contribution in [2.45, 2.75) is 6.92 Å². The van der Waals surface area contributed by atoms with Crippen LogP contribution in [0.25, 0.3) is 16.5 Å². The van der Waals surface area contributed by atoms with Crippen molar-refractivity contribution >= 4 is 34.0 Å². The van der Waals surface area contributed by atoms with Crippen LogP contribution in [0, 0.1) is 6.92 Å². The molecule has 7 heteroatoms. The van der Waals surface area contributed by atoms with Crippen LogP contribution in [0.4, 0.5) is 11.6 Å². The summed E-state index contributed by atoms with van der Waals surface area (Å²) in [6, 6.07) is 16.3. The number of rotatable bonds is 3. The molecule has 0 aliphatic heterocycles. The summed E-state index contributed by atoms with van der Waals surface area (Å²) in [5.41, 5.74) is 1.22. The third-order valence-electron chi connectivity index (χ3n) is 3.84. The van der Waals surface area contributed by atoms with Crippen LogP contribution in [0.15, 0.2) is 59.4 Å². The number of aryl methyl sites for hydroxylation is 1. The zero-order valence-corrected chi connectivity index (χ0v) is 14.1. The number of halogens is 1. The fraction of sp³-hybridized carbons (Fsp3) is 0.0556. The molecule has 2 N–H and O–H groups in total. The highest BCUT2D eigenvalue weighted by molar-refractivity contribution is 6.32. The zero-order chi connectivity index (χ0) is 17.4. The number of nitrogens with one attached hydrogen (secondary N) is 2. The maximum atomic E-state index is 12.9. The van der Waals surface area contributed by atoms with Gasteiger partial charge in [-0.05, 0) is 25.1 Å². The van der Waals surface area contributed by atoms with E-state index in [-0.39, 0.29) is 5.56 Å². The SMILES string of the molecule is Cc1cc(Nc2nn(-c3ccccc3Cl)c(=O)c3ccccc23)n[nH]1. The van der Waals surface area contributed by atoms with Gasteiger partial charge < -0.3 is 5.32 Å². The van der Waals surface area contributed by atoms with Gasteiger partial charge in [0.15, 0.2) is 11.6 Å². The number of aromatic amines is 1. The number of benzene rings is 2. The molecule has 0 bridgehead atoms. The van der Waals surface area contributed by atoms with E-state index < -0.39 is 0 Å². The molecule has 0 radical (unpaired) electrons. The summed E-state index contributed by atoms with van der Waals surface area (Å²) in [6.07, 6.45) is 0. The molecule has 0 fully saturated rings. The average molecular weight is 352 g/mol. The fourth-order valence-corrected chi connectivity index (χ4v) is 2.89. The molecule has 0 saturated heterocycles. The highest BCUT2D eigenvalue weighted by atomic mass is 35.5. The van der Waals surface area contributed by atoms with Gasteiger partial charge in [0.2, 0.25) is 0 Å². The van der Waals surface area contributed by atoms with Crippen molar-refractivity contribution in [3.63, 3.8) is 0 Å². The number of para-hydroxylation sites is 1. The standard InChI is InChI=1S/C18H14ClN5O/c1-11-10-16(22-21-11)20-17-12-6-2-3-7-13(12)18(25)24(23-17)15-9-5-4-8-14(15)19/h2-10H,1H3,(H2,20,21,22,23). The lowest BCUT2D eigenvalue weighted by Crippen LogP contribution is -2.22. The minimum atomic E-state index is -0.229. The van der Waals surface area contributed by atoms with Crippen molar-refractivity contribution in [3.05, 3.63) is 75.7 Å². The Morgan fingerprint density at radius 2 is 1.80 bits per heavy atom. The molecule has 4 rings (SSSR count). The van der Waals surface area contributed by atoms with Crippen LogP contribution in [-0.2, 0) is 0 Å². The molecule has 4 aromatic rings. The van der Waals surface area contributed by atoms with E-state index in [0.717, 1.165) is 11.1 Å². The number of hydrogen-bond donors (Lipinski definition) is 2. The summed E-state index contributed by atoms with van der Waals surface area (Å²) >= 11 is 6.26. The molecule has 6 nitrogen and oxygen atoms in total. The first-order chi connectivity index (χ1) is 12.1. The third kappa shape index (κ3) is 2.77. The molecule has 2 heterocycles. The van der Waals surface area contributed by atoms with Crippen molar-refractivity contribution in [2.75, 3.05) is 5.32 Å².